The second-order valence-corrected chi connectivity index (χ2v) is 8.35. The molecule has 1 fully saturated rings. The number of aromatic nitrogens is 3. The van der Waals surface area contributed by atoms with E-state index < -0.39 is 0 Å². The van der Waals surface area contributed by atoms with Crippen molar-refractivity contribution in [2.75, 3.05) is 31.1 Å². The minimum atomic E-state index is 0.0537. The third-order valence-corrected chi connectivity index (χ3v) is 5.55. The fraction of sp³-hybridized carbons (Fsp3) is 0.650. The smallest absolute Gasteiger partial charge is 0.226 e. The molecule has 1 atom stereocenters. The third kappa shape index (κ3) is 3.65. The van der Waals surface area contributed by atoms with Crippen molar-refractivity contribution in [1.29, 1.82) is 0 Å². The number of rotatable bonds is 5. The number of anilines is 1. The molecule has 4 heterocycles. The lowest BCUT2D eigenvalue weighted by atomic mass is 9.96. The van der Waals surface area contributed by atoms with Gasteiger partial charge < -0.3 is 15.5 Å². The Hall–Kier alpha value is -2.15. The van der Waals surface area contributed by atoms with Crippen LogP contribution in [0.25, 0.3) is 5.65 Å². The molecule has 0 bridgehead atoms. The summed E-state index contributed by atoms with van der Waals surface area (Å²) in [6.07, 6.45) is 4.71. The molecule has 0 aliphatic carbocycles. The Kier molecular flexibility index (Phi) is 5.04. The third-order valence-electron chi connectivity index (χ3n) is 5.55. The first kappa shape index (κ1) is 18.2. The van der Waals surface area contributed by atoms with Crippen LogP contribution in [0.1, 0.15) is 38.4 Å². The number of carbonyl (C=O) groups excluding carboxylic acids is 1. The Balaban J connectivity index is 1.51. The summed E-state index contributed by atoms with van der Waals surface area (Å²) >= 11 is 0. The maximum Gasteiger partial charge on any atom is 0.226 e. The molecule has 1 amide bonds. The predicted octanol–water partition coefficient (Wildman–Crippen LogP) is 1.40. The topological polar surface area (TPSA) is 74.6 Å². The number of nitrogens with one attached hydrogen (secondary N) is 2. The van der Waals surface area contributed by atoms with Crippen LogP contribution in [0.3, 0.4) is 0 Å². The van der Waals surface area contributed by atoms with Crippen LogP contribution in [0, 0.1) is 11.8 Å². The van der Waals surface area contributed by atoms with E-state index in [-0.39, 0.29) is 17.9 Å². The Morgan fingerprint density at radius 1 is 1.30 bits per heavy atom. The molecule has 27 heavy (non-hydrogen) atoms. The number of fused-ring (bicyclic) bond motifs is 2. The van der Waals surface area contributed by atoms with Crippen molar-refractivity contribution in [3.63, 3.8) is 0 Å². The molecule has 1 saturated heterocycles. The van der Waals surface area contributed by atoms with Crippen LogP contribution in [0.2, 0.25) is 0 Å². The molecule has 2 aliphatic rings. The Morgan fingerprint density at radius 3 is 2.85 bits per heavy atom. The molecule has 7 nitrogen and oxygen atoms in total. The average Bonchev–Trinajstić information content (AvgIpc) is 2.88. The quantitative estimate of drug-likeness (QED) is 0.832. The summed E-state index contributed by atoms with van der Waals surface area (Å²) in [6, 6.07) is 2.19. The van der Waals surface area contributed by atoms with E-state index >= 15 is 0 Å². The second-order valence-electron chi connectivity index (χ2n) is 8.35. The van der Waals surface area contributed by atoms with Gasteiger partial charge in [-0.1, -0.05) is 13.8 Å². The van der Waals surface area contributed by atoms with Crippen LogP contribution in [0.4, 0.5) is 5.82 Å². The minimum Gasteiger partial charge on any atom is -0.354 e. The van der Waals surface area contributed by atoms with Gasteiger partial charge in [-0.3, -0.25) is 4.79 Å². The molecule has 2 aliphatic heterocycles. The van der Waals surface area contributed by atoms with Gasteiger partial charge in [-0.15, -0.1) is 0 Å². The maximum absolute atomic E-state index is 12.6. The van der Waals surface area contributed by atoms with E-state index in [0.29, 0.717) is 5.92 Å². The van der Waals surface area contributed by atoms with Crippen molar-refractivity contribution < 1.29 is 4.79 Å². The summed E-state index contributed by atoms with van der Waals surface area (Å²) in [5, 5.41) is 11.1. The van der Waals surface area contributed by atoms with E-state index in [2.05, 4.69) is 41.4 Å². The highest BCUT2D eigenvalue weighted by molar-refractivity contribution is 5.82. The molecule has 0 aromatic carbocycles. The lowest BCUT2D eigenvalue weighted by Gasteiger charge is -2.41. The molecule has 2 aromatic rings. The predicted molar refractivity (Wildman–Crippen MR) is 106 cm³/mol. The first-order chi connectivity index (χ1) is 13.0. The standard InChI is InChI=1S/C20H30N6O/c1-13(2)10-14(3)23-19(27)15-11-25(12-15)20-16-4-7-21-8-5-17(16)24-18-6-9-22-26(18)20/h6,9,13-15,21H,4-5,7-8,10-12H2,1-3H3,(H,23,27). The first-order valence-electron chi connectivity index (χ1n) is 10.1. The Labute approximate surface area is 160 Å². The molecular formula is C20H30N6O. The van der Waals surface area contributed by atoms with Crippen LogP contribution in [-0.2, 0) is 17.6 Å². The number of hydrogen-bond donors (Lipinski definition) is 2. The number of carbonyl (C=O) groups is 1. The van der Waals surface area contributed by atoms with Gasteiger partial charge in [0.1, 0.15) is 5.82 Å². The van der Waals surface area contributed by atoms with E-state index in [4.69, 9.17) is 4.98 Å². The SMILES string of the molecule is CC(C)CC(C)NC(=O)C1CN(c2c3c(nc4ccnn24)CCNCC3)C1. The summed E-state index contributed by atoms with van der Waals surface area (Å²) in [5.74, 6) is 1.95. The summed E-state index contributed by atoms with van der Waals surface area (Å²) in [7, 11) is 0. The van der Waals surface area contributed by atoms with Crippen molar-refractivity contribution >= 4 is 17.4 Å². The average molecular weight is 371 g/mol. The van der Waals surface area contributed by atoms with E-state index in [1.54, 1.807) is 6.20 Å². The second kappa shape index (κ2) is 7.46. The number of amides is 1. The molecule has 146 valence electrons. The van der Waals surface area contributed by atoms with Gasteiger partial charge >= 0.3 is 0 Å². The normalized spacial score (nSPS) is 18.9. The first-order valence-corrected chi connectivity index (χ1v) is 10.1. The molecule has 1 unspecified atom stereocenters. The zero-order valence-corrected chi connectivity index (χ0v) is 16.5. The summed E-state index contributed by atoms with van der Waals surface area (Å²) < 4.78 is 1.94. The van der Waals surface area contributed by atoms with Crippen molar-refractivity contribution in [2.24, 2.45) is 11.8 Å². The van der Waals surface area contributed by atoms with E-state index in [1.165, 1.54) is 11.3 Å². The van der Waals surface area contributed by atoms with Gasteiger partial charge in [0.15, 0.2) is 5.65 Å². The zero-order chi connectivity index (χ0) is 19.0. The fourth-order valence-electron chi connectivity index (χ4n) is 4.28. The molecule has 2 aromatic heterocycles. The highest BCUT2D eigenvalue weighted by Crippen LogP contribution is 2.31. The largest absolute Gasteiger partial charge is 0.354 e. The number of hydrogen-bond acceptors (Lipinski definition) is 5. The van der Waals surface area contributed by atoms with E-state index in [0.717, 1.165) is 56.9 Å². The van der Waals surface area contributed by atoms with Crippen molar-refractivity contribution in [1.82, 2.24) is 25.2 Å². The highest BCUT2D eigenvalue weighted by Gasteiger charge is 2.36. The monoisotopic (exact) mass is 370 g/mol. The van der Waals surface area contributed by atoms with Crippen molar-refractivity contribution in [3.05, 3.63) is 23.5 Å². The lowest BCUT2D eigenvalue weighted by Crippen LogP contribution is -2.55. The lowest BCUT2D eigenvalue weighted by molar-refractivity contribution is -0.126. The summed E-state index contributed by atoms with van der Waals surface area (Å²) in [4.78, 5) is 19.7. The summed E-state index contributed by atoms with van der Waals surface area (Å²) in [5.41, 5.74) is 3.34. The van der Waals surface area contributed by atoms with Crippen LogP contribution in [0.15, 0.2) is 12.3 Å². The molecule has 2 N–H and O–H groups in total. The molecule has 4 rings (SSSR count). The number of nitrogens with zero attached hydrogens (tertiary/aromatic N) is 4. The van der Waals surface area contributed by atoms with Crippen LogP contribution in [-0.4, -0.2) is 52.7 Å². The minimum absolute atomic E-state index is 0.0537. The van der Waals surface area contributed by atoms with E-state index in [9.17, 15) is 4.79 Å². The molecule has 0 radical (unpaired) electrons. The van der Waals surface area contributed by atoms with Gasteiger partial charge in [0.2, 0.25) is 5.91 Å². The van der Waals surface area contributed by atoms with Gasteiger partial charge in [0.05, 0.1) is 17.8 Å². The summed E-state index contributed by atoms with van der Waals surface area (Å²) in [6.45, 7) is 9.89. The Bertz CT molecular complexity index is 823. The molecule has 7 heteroatoms. The van der Waals surface area contributed by atoms with Gasteiger partial charge in [-0.05, 0) is 32.2 Å². The van der Waals surface area contributed by atoms with Gasteiger partial charge in [0.25, 0.3) is 0 Å². The van der Waals surface area contributed by atoms with Crippen molar-refractivity contribution in [2.45, 2.75) is 46.1 Å². The van der Waals surface area contributed by atoms with Crippen LogP contribution in [0.5, 0.6) is 0 Å². The fourth-order valence-corrected chi connectivity index (χ4v) is 4.28. The van der Waals surface area contributed by atoms with Crippen molar-refractivity contribution in [3.8, 4) is 0 Å². The van der Waals surface area contributed by atoms with Crippen LogP contribution < -0.4 is 15.5 Å². The maximum atomic E-state index is 12.6. The zero-order valence-electron chi connectivity index (χ0n) is 16.5. The van der Waals surface area contributed by atoms with E-state index in [1.807, 2.05) is 10.6 Å². The molecule has 0 spiro atoms. The van der Waals surface area contributed by atoms with Gasteiger partial charge in [0, 0.05) is 43.7 Å². The van der Waals surface area contributed by atoms with Crippen LogP contribution >= 0.6 is 0 Å². The van der Waals surface area contributed by atoms with Gasteiger partial charge in [-0.2, -0.15) is 9.61 Å². The highest BCUT2D eigenvalue weighted by atomic mass is 16.2. The Morgan fingerprint density at radius 2 is 2.07 bits per heavy atom. The molecule has 0 saturated carbocycles. The molecular weight excluding hydrogens is 340 g/mol. The van der Waals surface area contributed by atoms with Gasteiger partial charge in [-0.25, -0.2) is 4.98 Å².